The van der Waals surface area contributed by atoms with Crippen molar-refractivity contribution >= 4 is 40.4 Å². The molecule has 1 rings (SSSR count). The van der Waals surface area contributed by atoms with Crippen LogP contribution in [0.15, 0.2) is 12.7 Å². The summed E-state index contributed by atoms with van der Waals surface area (Å²) in [4.78, 5) is 22.2. The zero-order chi connectivity index (χ0) is 16.9. The average molecular weight is 365 g/mol. The van der Waals surface area contributed by atoms with Crippen molar-refractivity contribution in [2.75, 3.05) is 45.5 Å². The molecule has 0 aromatic heterocycles. The van der Waals surface area contributed by atoms with E-state index in [-0.39, 0.29) is 20.0 Å². The van der Waals surface area contributed by atoms with Crippen molar-refractivity contribution in [2.45, 2.75) is 6.10 Å². The van der Waals surface area contributed by atoms with Crippen LogP contribution in [0.5, 0.6) is 0 Å². The number of hydrogen-bond acceptors (Lipinski definition) is 9. The topological polar surface area (TPSA) is 92.3 Å². The second kappa shape index (κ2) is 12.1. The Labute approximate surface area is 143 Å². The lowest BCUT2D eigenvalue weighted by Gasteiger charge is -2.21. The Morgan fingerprint density at radius 1 is 1.30 bits per heavy atom. The largest absolute Gasteiger partial charge is 0.508 e. The Morgan fingerprint density at radius 2 is 2.04 bits per heavy atom. The summed E-state index contributed by atoms with van der Waals surface area (Å²) in [5, 5.41) is 2.90. The minimum absolute atomic E-state index is 0.111. The first kappa shape index (κ1) is 19.7. The Hall–Kier alpha value is -1.36. The maximum atomic E-state index is 11.4. The SMILES string of the molecule is C=CC(=O)OCCSC(=S)NCCOC(=O)OC1COCOC1. The number of ether oxygens (including phenoxy) is 5. The second-order valence-corrected chi connectivity index (χ2v) is 5.90. The van der Waals surface area contributed by atoms with Crippen LogP contribution in [-0.2, 0) is 28.5 Å². The lowest BCUT2D eigenvalue weighted by Crippen LogP contribution is -2.34. The molecule has 0 bridgehead atoms. The molecule has 0 amide bonds. The zero-order valence-electron chi connectivity index (χ0n) is 12.5. The van der Waals surface area contributed by atoms with E-state index in [2.05, 4.69) is 11.9 Å². The molecule has 0 spiro atoms. The highest BCUT2D eigenvalue weighted by Crippen LogP contribution is 2.04. The van der Waals surface area contributed by atoms with Gasteiger partial charge in [-0.25, -0.2) is 9.59 Å². The summed E-state index contributed by atoms with van der Waals surface area (Å²) >= 11 is 6.38. The molecule has 1 aliphatic heterocycles. The fourth-order valence-corrected chi connectivity index (χ4v) is 2.29. The molecule has 1 N–H and O–H groups in total. The van der Waals surface area contributed by atoms with Gasteiger partial charge >= 0.3 is 12.1 Å². The molecule has 10 heteroatoms. The van der Waals surface area contributed by atoms with Gasteiger partial charge in [-0.15, -0.1) is 0 Å². The van der Waals surface area contributed by atoms with Crippen molar-refractivity contribution in [2.24, 2.45) is 0 Å². The molecule has 130 valence electrons. The van der Waals surface area contributed by atoms with Crippen molar-refractivity contribution < 1.29 is 33.3 Å². The summed E-state index contributed by atoms with van der Waals surface area (Å²) < 4.78 is 25.1. The summed E-state index contributed by atoms with van der Waals surface area (Å²) in [7, 11) is 0. The van der Waals surface area contributed by atoms with Gasteiger partial charge in [0.25, 0.3) is 0 Å². The molecular weight excluding hydrogens is 346 g/mol. The van der Waals surface area contributed by atoms with Crippen LogP contribution in [0.2, 0.25) is 0 Å². The lowest BCUT2D eigenvalue weighted by atomic mass is 10.4. The number of thiocarbonyl (C=S) groups is 1. The van der Waals surface area contributed by atoms with E-state index < -0.39 is 18.2 Å². The number of rotatable bonds is 8. The van der Waals surface area contributed by atoms with Gasteiger partial charge in [0, 0.05) is 11.8 Å². The molecule has 0 aromatic rings. The van der Waals surface area contributed by atoms with Crippen LogP contribution in [0, 0.1) is 0 Å². The van der Waals surface area contributed by atoms with Crippen molar-refractivity contribution in [3.8, 4) is 0 Å². The number of carbonyl (C=O) groups excluding carboxylic acids is 2. The van der Waals surface area contributed by atoms with Crippen LogP contribution in [0.4, 0.5) is 4.79 Å². The Kier molecular flexibility index (Phi) is 10.4. The molecule has 0 aromatic carbocycles. The number of hydrogen-bond donors (Lipinski definition) is 1. The second-order valence-electron chi connectivity index (χ2n) is 4.13. The van der Waals surface area contributed by atoms with Crippen LogP contribution in [-0.4, -0.2) is 68.1 Å². The highest BCUT2D eigenvalue weighted by atomic mass is 32.2. The molecule has 0 radical (unpaired) electrons. The first-order chi connectivity index (χ1) is 11.1. The van der Waals surface area contributed by atoms with Gasteiger partial charge in [-0.1, -0.05) is 30.6 Å². The predicted octanol–water partition coefficient (Wildman–Crippen LogP) is 0.849. The average Bonchev–Trinajstić information content (AvgIpc) is 2.56. The monoisotopic (exact) mass is 365 g/mol. The first-order valence-corrected chi connectivity index (χ1v) is 8.20. The Bertz CT molecular complexity index is 413. The van der Waals surface area contributed by atoms with Gasteiger partial charge in [-0.05, 0) is 0 Å². The summed E-state index contributed by atoms with van der Waals surface area (Å²) in [6.45, 7) is 4.80. The highest BCUT2D eigenvalue weighted by molar-refractivity contribution is 8.22. The van der Waals surface area contributed by atoms with Crippen molar-refractivity contribution in [3.63, 3.8) is 0 Å². The molecule has 0 unspecified atom stereocenters. The van der Waals surface area contributed by atoms with Crippen molar-refractivity contribution in [1.29, 1.82) is 0 Å². The molecule has 1 fully saturated rings. The molecule has 8 nitrogen and oxygen atoms in total. The maximum absolute atomic E-state index is 11.4. The van der Waals surface area contributed by atoms with Gasteiger partial charge in [0.15, 0.2) is 6.10 Å². The summed E-state index contributed by atoms with van der Waals surface area (Å²) in [6, 6.07) is 0. The maximum Gasteiger partial charge on any atom is 0.508 e. The van der Waals surface area contributed by atoms with E-state index in [1.165, 1.54) is 11.8 Å². The third kappa shape index (κ3) is 10.1. The highest BCUT2D eigenvalue weighted by Gasteiger charge is 2.19. The van der Waals surface area contributed by atoms with Crippen LogP contribution in [0.3, 0.4) is 0 Å². The predicted molar refractivity (Wildman–Crippen MR) is 87.2 cm³/mol. The number of thioether (sulfide) groups is 1. The molecular formula is C13H19NO7S2. The van der Waals surface area contributed by atoms with E-state index in [0.29, 0.717) is 29.8 Å². The van der Waals surface area contributed by atoms with Gasteiger partial charge < -0.3 is 29.0 Å². The van der Waals surface area contributed by atoms with E-state index in [0.717, 1.165) is 6.08 Å². The smallest absolute Gasteiger partial charge is 0.462 e. The molecule has 23 heavy (non-hydrogen) atoms. The number of carbonyl (C=O) groups is 2. The molecule has 1 heterocycles. The van der Waals surface area contributed by atoms with Gasteiger partial charge in [0.05, 0.1) is 19.8 Å². The van der Waals surface area contributed by atoms with Crippen LogP contribution < -0.4 is 5.32 Å². The van der Waals surface area contributed by atoms with E-state index in [4.69, 9.17) is 35.9 Å². The molecule has 0 aliphatic carbocycles. The minimum Gasteiger partial charge on any atom is -0.462 e. The third-order valence-corrected chi connectivity index (χ3v) is 3.63. The van der Waals surface area contributed by atoms with Gasteiger partial charge in [-0.2, -0.15) is 0 Å². The van der Waals surface area contributed by atoms with Crippen LogP contribution in [0.25, 0.3) is 0 Å². The summed E-state index contributed by atoms with van der Waals surface area (Å²) in [5.41, 5.74) is 0. The van der Waals surface area contributed by atoms with Crippen molar-refractivity contribution in [3.05, 3.63) is 12.7 Å². The Morgan fingerprint density at radius 3 is 2.74 bits per heavy atom. The summed E-state index contributed by atoms with van der Waals surface area (Å²) in [5.74, 6) is 0.0564. The number of nitrogens with one attached hydrogen (secondary N) is 1. The fraction of sp³-hybridized carbons (Fsp3) is 0.615. The normalized spacial score (nSPS) is 14.6. The molecule has 1 aliphatic rings. The van der Waals surface area contributed by atoms with Gasteiger partial charge in [-0.3, -0.25) is 0 Å². The molecule has 1 saturated heterocycles. The summed E-state index contributed by atoms with van der Waals surface area (Å²) in [6.07, 6.45) is -0.122. The first-order valence-electron chi connectivity index (χ1n) is 6.80. The standard InChI is InChI=1S/C13H19NO7S2/c1-2-11(15)19-5-6-23-12(22)14-3-4-20-13(16)21-10-7-17-9-18-8-10/h2,10H,1,3-9H2,(H,14,22). The van der Waals surface area contributed by atoms with Gasteiger partial charge in [0.2, 0.25) is 0 Å². The van der Waals surface area contributed by atoms with E-state index in [9.17, 15) is 9.59 Å². The molecule has 0 saturated carbocycles. The quantitative estimate of drug-likeness (QED) is 0.289. The Balaban J connectivity index is 1.96. The van der Waals surface area contributed by atoms with Gasteiger partial charge in [0.1, 0.15) is 24.3 Å². The third-order valence-electron chi connectivity index (χ3n) is 2.36. The van der Waals surface area contributed by atoms with Crippen LogP contribution >= 0.6 is 24.0 Å². The molecule has 0 atom stereocenters. The minimum atomic E-state index is -0.777. The van der Waals surface area contributed by atoms with E-state index >= 15 is 0 Å². The fourth-order valence-electron chi connectivity index (χ4n) is 1.38. The van der Waals surface area contributed by atoms with E-state index in [1.807, 2.05) is 0 Å². The van der Waals surface area contributed by atoms with Crippen LogP contribution in [0.1, 0.15) is 0 Å². The van der Waals surface area contributed by atoms with E-state index in [1.54, 1.807) is 0 Å². The lowest BCUT2D eigenvalue weighted by molar-refractivity contribution is -0.157. The van der Waals surface area contributed by atoms with Crippen molar-refractivity contribution in [1.82, 2.24) is 5.32 Å². The zero-order valence-corrected chi connectivity index (χ0v) is 14.1. The number of esters is 1.